The summed E-state index contributed by atoms with van der Waals surface area (Å²) in [6, 6.07) is 8.11. The number of furan rings is 1. The first-order valence-electron chi connectivity index (χ1n) is 8.56. The molecule has 140 valence electrons. The zero-order chi connectivity index (χ0) is 17.6. The van der Waals surface area contributed by atoms with Gasteiger partial charge in [-0.25, -0.2) is 4.98 Å². The van der Waals surface area contributed by atoms with E-state index >= 15 is 0 Å². The van der Waals surface area contributed by atoms with Gasteiger partial charge in [-0.2, -0.15) is 0 Å². The van der Waals surface area contributed by atoms with Gasteiger partial charge in [0, 0.05) is 36.3 Å². The molecule has 0 atom stereocenters. The largest absolute Gasteiger partial charge is 0.459 e. The van der Waals surface area contributed by atoms with E-state index in [4.69, 9.17) is 4.42 Å². The third-order valence-electron chi connectivity index (χ3n) is 4.16. The van der Waals surface area contributed by atoms with E-state index in [1.165, 1.54) is 10.6 Å². The molecule has 3 rings (SSSR count). The zero-order valence-corrected chi connectivity index (χ0v) is 18.5. The minimum atomic E-state index is 0. The fourth-order valence-electron chi connectivity index (χ4n) is 2.71. The minimum Gasteiger partial charge on any atom is -0.459 e. The summed E-state index contributed by atoms with van der Waals surface area (Å²) in [6.07, 6.45) is 1.89. The van der Waals surface area contributed by atoms with Crippen LogP contribution in [0.1, 0.15) is 28.9 Å². The second-order valence-electron chi connectivity index (χ2n) is 5.84. The van der Waals surface area contributed by atoms with Crippen molar-refractivity contribution in [2.24, 2.45) is 4.99 Å². The Labute approximate surface area is 175 Å². The Hall–Kier alpha value is -1.61. The number of thiazole rings is 1. The van der Waals surface area contributed by atoms with Crippen LogP contribution in [0.2, 0.25) is 0 Å². The first-order chi connectivity index (χ1) is 12.2. The number of halogens is 1. The second kappa shape index (κ2) is 9.91. The minimum absolute atomic E-state index is 0. The maximum atomic E-state index is 5.93. The Balaban J connectivity index is 0.00000243. The smallest absolute Gasteiger partial charge is 0.191 e. The van der Waals surface area contributed by atoms with Crippen LogP contribution in [0, 0.1) is 6.92 Å². The molecule has 0 saturated carbocycles. The van der Waals surface area contributed by atoms with E-state index < -0.39 is 0 Å². The van der Waals surface area contributed by atoms with Gasteiger partial charge in [0.25, 0.3) is 0 Å². The molecule has 7 heteroatoms. The van der Waals surface area contributed by atoms with Crippen LogP contribution in [0.4, 0.5) is 0 Å². The number of hydrogen-bond acceptors (Lipinski definition) is 4. The molecule has 0 bridgehead atoms. The molecule has 0 radical (unpaired) electrons. The van der Waals surface area contributed by atoms with Gasteiger partial charge < -0.3 is 15.1 Å². The molecular formula is C19H25IN4OS. The number of nitrogens with one attached hydrogen (secondary N) is 2. The lowest BCUT2D eigenvalue weighted by molar-refractivity contribution is 0.534. The lowest BCUT2D eigenvalue weighted by Gasteiger charge is -2.10. The number of guanidine groups is 1. The third-order valence-corrected chi connectivity index (χ3v) is 5.20. The quantitative estimate of drug-likeness (QED) is 0.312. The van der Waals surface area contributed by atoms with Crippen molar-refractivity contribution >= 4 is 52.2 Å². The summed E-state index contributed by atoms with van der Waals surface area (Å²) in [6.45, 7) is 5.63. The molecule has 2 heterocycles. The Morgan fingerprint density at radius 2 is 2.08 bits per heavy atom. The number of fused-ring (bicyclic) bond motifs is 1. The lowest BCUT2D eigenvalue weighted by Crippen LogP contribution is -2.37. The SMILES string of the molecule is CCc1nc(CCNC(=NC)NCc2oc3ccccc3c2C)cs1.I. The van der Waals surface area contributed by atoms with Crippen LogP contribution >= 0.6 is 35.3 Å². The topological polar surface area (TPSA) is 62.5 Å². The van der Waals surface area contributed by atoms with E-state index in [0.717, 1.165) is 47.8 Å². The van der Waals surface area contributed by atoms with Crippen molar-refractivity contribution in [1.82, 2.24) is 15.6 Å². The summed E-state index contributed by atoms with van der Waals surface area (Å²) in [5, 5.41) is 11.1. The lowest BCUT2D eigenvalue weighted by atomic mass is 10.1. The number of nitrogens with zero attached hydrogens (tertiary/aromatic N) is 2. The van der Waals surface area contributed by atoms with Crippen molar-refractivity contribution in [3.8, 4) is 0 Å². The van der Waals surface area contributed by atoms with Crippen molar-refractivity contribution in [2.75, 3.05) is 13.6 Å². The van der Waals surface area contributed by atoms with E-state index in [-0.39, 0.29) is 24.0 Å². The van der Waals surface area contributed by atoms with Gasteiger partial charge in [0.05, 0.1) is 17.2 Å². The van der Waals surface area contributed by atoms with Crippen molar-refractivity contribution in [3.63, 3.8) is 0 Å². The van der Waals surface area contributed by atoms with E-state index in [2.05, 4.69) is 45.9 Å². The maximum absolute atomic E-state index is 5.93. The molecule has 5 nitrogen and oxygen atoms in total. The summed E-state index contributed by atoms with van der Waals surface area (Å²) in [4.78, 5) is 8.86. The molecule has 2 N–H and O–H groups in total. The molecule has 0 aliphatic carbocycles. The highest BCUT2D eigenvalue weighted by Gasteiger charge is 2.10. The van der Waals surface area contributed by atoms with Crippen LogP contribution in [0.3, 0.4) is 0 Å². The monoisotopic (exact) mass is 484 g/mol. The van der Waals surface area contributed by atoms with E-state index in [1.807, 2.05) is 18.2 Å². The number of para-hydroxylation sites is 1. The second-order valence-corrected chi connectivity index (χ2v) is 6.78. The van der Waals surface area contributed by atoms with Gasteiger partial charge >= 0.3 is 0 Å². The normalized spacial score (nSPS) is 11.4. The van der Waals surface area contributed by atoms with Gasteiger partial charge in [-0.1, -0.05) is 25.1 Å². The van der Waals surface area contributed by atoms with E-state index in [9.17, 15) is 0 Å². The van der Waals surface area contributed by atoms with Gasteiger partial charge in [0.15, 0.2) is 5.96 Å². The molecule has 26 heavy (non-hydrogen) atoms. The van der Waals surface area contributed by atoms with E-state index in [0.29, 0.717) is 6.54 Å². The third kappa shape index (κ3) is 4.97. The summed E-state index contributed by atoms with van der Waals surface area (Å²) in [7, 11) is 1.78. The van der Waals surface area contributed by atoms with Gasteiger partial charge in [-0.15, -0.1) is 35.3 Å². The van der Waals surface area contributed by atoms with Crippen molar-refractivity contribution in [3.05, 3.63) is 51.7 Å². The van der Waals surface area contributed by atoms with Crippen LogP contribution < -0.4 is 10.6 Å². The summed E-state index contributed by atoms with van der Waals surface area (Å²) < 4.78 is 5.93. The summed E-state index contributed by atoms with van der Waals surface area (Å²) in [5.41, 5.74) is 3.24. The maximum Gasteiger partial charge on any atom is 0.191 e. The van der Waals surface area contributed by atoms with Gasteiger partial charge in [-0.3, -0.25) is 4.99 Å². The summed E-state index contributed by atoms with van der Waals surface area (Å²) in [5.74, 6) is 1.71. The molecule has 3 aromatic rings. The molecule has 2 aromatic heterocycles. The molecule has 0 amide bonds. The standard InChI is InChI=1S/C19H24N4OS.HI/c1-4-18-23-14(12-25-18)9-10-21-19(20-3)22-11-17-13(2)15-7-5-6-8-16(15)24-17;/h5-8,12H,4,9-11H2,1-3H3,(H2,20,21,22);1H. The number of hydrogen-bond donors (Lipinski definition) is 2. The highest BCUT2D eigenvalue weighted by molar-refractivity contribution is 14.0. The van der Waals surface area contributed by atoms with Crippen LogP contribution in [0.15, 0.2) is 39.1 Å². The number of aliphatic imine (C=N–C) groups is 1. The van der Waals surface area contributed by atoms with Crippen LogP contribution in [-0.2, 0) is 19.4 Å². The summed E-state index contributed by atoms with van der Waals surface area (Å²) >= 11 is 1.73. The average molecular weight is 484 g/mol. The van der Waals surface area contributed by atoms with Gasteiger partial charge in [-0.05, 0) is 19.4 Å². The fraction of sp³-hybridized carbons (Fsp3) is 0.368. The number of rotatable bonds is 6. The van der Waals surface area contributed by atoms with Gasteiger partial charge in [0.2, 0.25) is 0 Å². The van der Waals surface area contributed by atoms with Crippen LogP contribution in [-0.4, -0.2) is 24.5 Å². The highest BCUT2D eigenvalue weighted by Crippen LogP contribution is 2.24. The Kier molecular flexibility index (Phi) is 7.89. The van der Waals surface area contributed by atoms with Crippen LogP contribution in [0.25, 0.3) is 11.0 Å². The molecule has 0 aliphatic rings. The molecule has 0 spiro atoms. The molecule has 0 saturated heterocycles. The molecule has 1 aromatic carbocycles. The van der Waals surface area contributed by atoms with Crippen molar-refractivity contribution in [2.45, 2.75) is 33.2 Å². The van der Waals surface area contributed by atoms with Gasteiger partial charge in [0.1, 0.15) is 11.3 Å². The predicted octanol–water partition coefficient (Wildman–Crippen LogP) is 4.29. The predicted molar refractivity (Wildman–Crippen MR) is 120 cm³/mol. The molecular weight excluding hydrogens is 459 g/mol. The van der Waals surface area contributed by atoms with Crippen LogP contribution in [0.5, 0.6) is 0 Å². The zero-order valence-electron chi connectivity index (χ0n) is 15.3. The highest BCUT2D eigenvalue weighted by atomic mass is 127. The fourth-order valence-corrected chi connectivity index (χ4v) is 3.49. The average Bonchev–Trinajstić information content (AvgIpc) is 3.23. The van der Waals surface area contributed by atoms with Crippen molar-refractivity contribution < 1.29 is 4.42 Å². The molecule has 0 fully saturated rings. The Morgan fingerprint density at radius 3 is 2.77 bits per heavy atom. The number of aromatic nitrogens is 1. The first kappa shape index (κ1) is 20.7. The van der Waals surface area contributed by atoms with Crippen molar-refractivity contribution in [1.29, 1.82) is 0 Å². The Morgan fingerprint density at radius 1 is 1.27 bits per heavy atom. The number of aryl methyl sites for hydroxylation is 2. The van der Waals surface area contributed by atoms with E-state index in [1.54, 1.807) is 18.4 Å². The number of benzene rings is 1. The molecule has 0 aliphatic heterocycles. The Bertz CT molecular complexity index is 871. The molecule has 0 unspecified atom stereocenters. The first-order valence-corrected chi connectivity index (χ1v) is 9.44.